The highest BCUT2D eigenvalue weighted by molar-refractivity contribution is 6.34. The van der Waals surface area contributed by atoms with E-state index >= 15 is 0 Å². The van der Waals surface area contributed by atoms with Gasteiger partial charge >= 0.3 is 0 Å². The molecule has 1 heterocycles. The second-order valence-electron chi connectivity index (χ2n) is 2.09. The van der Waals surface area contributed by atoms with Crippen molar-refractivity contribution in [1.29, 1.82) is 5.41 Å². The van der Waals surface area contributed by atoms with Gasteiger partial charge in [-0.1, -0.05) is 23.2 Å². The first kappa shape index (κ1) is 9.29. The fourth-order valence-electron chi connectivity index (χ4n) is 0.838. The van der Waals surface area contributed by atoms with E-state index in [2.05, 4.69) is 10.3 Å². The van der Waals surface area contributed by atoms with E-state index in [-0.39, 0.29) is 5.15 Å². The van der Waals surface area contributed by atoms with Gasteiger partial charge in [-0.15, -0.1) is 0 Å². The monoisotopic (exact) mass is 203 g/mol. The molecule has 1 aromatic rings. The minimum atomic E-state index is 0.238. The molecule has 0 saturated carbocycles. The molecule has 0 unspecified atom stereocenters. The lowest BCUT2D eigenvalue weighted by Crippen LogP contribution is -1.97. The maximum atomic E-state index is 7.07. The third kappa shape index (κ3) is 1.68. The molecule has 0 spiro atoms. The third-order valence-electron chi connectivity index (χ3n) is 1.39. The van der Waals surface area contributed by atoms with Crippen molar-refractivity contribution in [3.05, 3.63) is 21.9 Å². The van der Waals surface area contributed by atoms with Crippen LogP contribution in [0, 0.1) is 5.41 Å². The average molecular weight is 204 g/mol. The van der Waals surface area contributed by atoms with Crippen LogP contribution in [-0.4, -0.2) is 18.2 Å². The van der Waals surface area contributed by atoms with Gasteiger partial charge in [-0.05, 0) is 6.07 Å². The van der Waals surface area contributed by atoms with Crippen LogP contribution in [0.15, 0.2) is 6.07 Å². The molecule has 1 aromatic heterocycles. The van der Waals surface area contributed by atoms with Crippen LogP contribution in [0.2, 0.25) is 10.3 Å². The lowest BCUT2D eigenvalue weighted by Gasteiger charge is -2.05. The summed E-state index contributed by atoms with van der Waals surface area (Å²) in [6.07, 6.45) is 1.14. The Morgan fingerprint density at radius 2 is 2.25 bits per heavy atom. The number of nitrogens with zero attached hydrogens (tertiary/aromatic N) is 1. The number of pyridine rings is 1. The Bertz CT molecular complexity index is 312. The number of rotatable bonds is 2. The zero-order chi connectivity index (χ0) is 9.14. The van der Waals surface area contributed by atoms with Crippen LogP contribution in [0.3, 0.4) is 0 Å². The zero-order valence-electron chi connectivity index (χ0n) is 6.36. The van der Waals surface area contributed by atoms with Gasteiger partial charge in [0.25, 0.3) is 0 Å². The molecular formula is C7H7Cl2N3. The Balaban J connectivity index is 3.33. The summed E-state index contributed by atoms with van der Waals surface area (Å²) in [5.41, 5.74) is 1.25. The Hall–Kier alpha value is -0.800. The number of hydrogen-bond acceptors (Lipinski definition) is 3. The molecule has 5 heteroatoms. The standard InChI is InChI=1S/C7H7Cl2N3/c1-11-5-2-6(8)12-7(9)4(5)3-10/h2-3,10H,1H3,(H,11,12). The smallest absolute Gasteiger partial charge is 0.141 e. The Morgan fingerprint density at radius 1 is 1.58 bits per heavy atom. The van der Waals surface area contributed by atoms with E-state index in [1.165, 1.54) is 0 Å². The van der Waals surface area contributed by atoms with Gasteiger partial charge in [-0.25, -0.2) is 4.98 Å². The van der Waals surface area contributed by atoms with E-state index in [4.69, 9.17) is 28.6 Å². The van der Waals surface area contributed by atoms with Crippen molar-refractivity contribution < 1.29 is 0 Å². The Kier molecular flexibility index (Phi) is 2.89. The predicted octanol–water partition coefficient (Wildman–Crippen LogP) is 2.43. The van der Waals surface area contributed by atoms with Crippen LogP contribution in [0.25, 0.3) is 0 Å². The summed E-state index contributed by atoms with van der Waals surface area (Å²) in [7, 11) is 1.73. The van der Waals surface area contributed by atoms with Crippen LogP contribution in [-0.2, 0) is 0 Å². The van der Waals surface area contributed by atoms with Gasteiger partial charge in [0, 0.05) is 18.9 Å². The summed E-state index contributed by atoms with van der Waals surface area (Å²) in [6, 6.07) is 1.62. The van der Waals surface area contributed by atoms with E-state index in [0.717, 1.165) is 6.21 Å². The maximum Gasteiger partial charge on any atom is 0.141 e. The van der Waals surface area contributed by atoms with E-state index in [1.807, 2.05) is 0 Å². The number of nitrogens with one attached hydrogen (secondary N) is 2. The maximum absolute atomic E-state index is 7.07. The first-order valence-corrected chi connectivity index (χ1v) is 3.99. The molecule has 0 fully saturated rings. The van der Waals surface area contributed by atoms with Crippen molar-refractivity contribution in [2.24, 2.45) is 0 Å². The molecule has 0 saturated heterocycles. The first-order chi connectivity index (χ1) is 5.69. The third-order valence-corrected chi connectivity index (χ3v) is 1.88. The largest absolute Gasteiger partial charge is 0.387 e. The fourth-order valence-corrected chi connectivity index (χ4v) is 1.32. The van der Waals surface area contributed by atoms with Gasteiger partial charge in [0.2, 0.25) is 0 Å². The summed E-state index contributed by atoms with van der Waals surface area (Å²) < 4.78 is 0. The van der Waals surface area contributed by atoms with E-state index in [0.29, 0.717) is 16.4 Å². The van der Waals surface area contributed by atoms with Crippen LogP contribution in [0.1, 0.15) is 5.56 Å². The Labute approximate surface area is 80.2 Å². The molecule has 0 bridgehead atoms. The lowest BCUT2D eigenvalue weighted by atomic mass is 10.2. The van der Waals surface area contributed by atoms with Crippen molar-refractivity contribution in [2.75, 3.05) is 12.4 Å². The molecule has 1 rings (SSSR count). The molecule has 0 aliphatic carbocycles. The van der Waals surface area contributed by atoms with E-state index < -0.39 is 0 Å². The summed E-state index contributed by atoms with van der Waals surface area (Å²) in [6.45, 7) is 0. The number of anilines is 1. The zero-order valence-corrected chi connectivity index (χ0v) is 7.87. The van der Waals surface area contributed by atoms with Crippen molar-refractivity contribution >= 4 is 35.1 Å². The van der Waals surface area contributed by atoms with Gasteiger partial charge in [0.05, 0.1) is 5.56 Å². The summed E-state index contributed by atoms with van der Waals surface area (Å²) in [5, 5.41) is 10.5. The second-order valence-corrected chi connectivity index (χ2v) is 2.84. The van der Waals surface area contributed by atoms with Crippen LogP contribution >= 0.6 is 23.2 Å². The van der Waals surface area contributed by atoms with Crippen molar-refractivity contribution in [3.63, 3.8) is 0 Å². The molecule has 2 N–H and O–H groups in total. The number of aromatic nitrogens is 1. The topological polar surface area (TPSA) is 48.8 Å². The summed E-state index contributed by atoms with van der Waals surface area (Å²) in [5.74, 6) is 0. The van der Waals surface area contributed by atoms with Crippen LogP contribution in [0.5, 0.6) is 0 Å². The SMILES string of the molecule is CNc1cc(Cl)nc(Cl)c1C=N. The minimum absolute atomic E-state index is 0.238. The van der Waals surface area contributed by atoms with Crippen LogP contribution in [0.4, 0.5) is 5.69 Å². The van der Waals surface area contributed by atoms with Crippen molar-refractivity contribution in [1.82, 2.24) is 4.98 Å². The van der Waals surface area contributed by atoms with E-state index in [1.54, 1.807) is 13.1 Å². The van der Waals surface area contributed by atoms with Gasteiger partial charge in [0.1, 0.15) is 10.3 Å². The van der Waals surface area contributed by atoms with Gasteiger partial charge in [0.15, 0.2) is 0 Å². The quantitative estimate of drug-likeness (QED) is 0.574. The van der Waals surface area contributed by atoms with Gasteiger partial charge < -0.3 is 10.7 Å². The molecule has 0 radical (unpaired) electrons. The molecule has 0 aromatic carbocycles. The fraction of sp³-hybridized carbons (Fsp3) is 0.143. The van der Waals surface area contributed by atoms with Crippen LogP contribution < -0.4 is 5.32 Å². The van der Waals surface area contributed by atoms with Gasteiger partial charge in [-0.3, -0.25) is 0 Å². The highest BCUT2D eigenvalue weighted by Crippen LogP contribution is 2.23. The summed E-state index contributed by atoms with van der Waals surface area (Å²) in [4.78, 5) is 3.79. The highest BCUT2D eigenvalue weighted by atomic mass is 35.5. The molecule has 3 nitrogen and oxygen atoms in total. The molecule has 0 amide bonds. The molecule has 12 heavy (non-hydrogen) atoms. The molecule has 64 valence electrons. The molecule has 0 aliphatic heterocycles. The lowest BCUT2D eigenvalue weighted by molar-refractivity contribution is 1.30. The number of halogens is 2. The van der Waals surface area contributed by atoms with E-state index in [9.17, 15) is 0 Å². The van der Waals surface area contributed by atoms with Crippen molar-refractivity contribution in [3.8, 4) is 0 Å². The number of hydrogen-bond donors (Lipinski definition) is 2. The Morgan fingerprint density at radius 3 is 2.75 bits per heavy atom. The molecule has 0 aliphatic rings. The first-order valence-electron chi connectivity index (χ1n) is 3.23. The summed E-state index contributed by atoms with van der Waals surface area (Å²) >= 11 is 11.4. The van der Waals surface area contributed by atoms with Crippen molar-refractivity contribution in [2.45, 2.75) is 0 Å². The normalized spacial score (nSPS) is 9.58. The molecular weight excluding hydrogens is 197 g/mol. The van der Waals surface area contributed by atoms with Gasteiger partial charge in [-0.2, -0.15) is 0 Å². The minimum Gasteiger partial charge on any atom is -0.387 e. The molecule has 0 atom stereocenters. The average Bonchev–Trinajstić information content (AvgIpc) is 2.03. The second kappa shape index (κ2) is 3.74. The highest BCUT2D eigenvalue weighted by Gasteiger charge is 2.06. The predicted molar refractivity (Wildman–Crippen MR) is 51.7 cm³/mol.